The SMILES string of the molecule is COC(=O)C(CC(C)C)NC(=O)CCn1cnc2cc(OC)c(OC)cc2c1=O. The highest BCUT2D eigenvalue weighted by Gasteiger charge is 2.22. The second-order valence-corrected chi connectivity index (χ2v) is 6.99. The number of nitrogens with zero attached hydrogens (tertiary/aromatic N) is 2. The van der Waals surface area contributed by atoms with Gasteiger partial charge in [-0.3, -0.25) is 14.2 Å². The van der Waals surface area contributed by atoms with Crippen LogP contribution in [0.3, 0.4) is 0 Å². The number of benzene rings is 1. The van der Waals surface area contributed by atoms with Gasteiger partial charge >= 0.3 is 5.97 Å². The van der Waals surface area contributed by atoms with E-state index in [-0.39, 0.29) is 30.3 Å². The lowest BCUT2D eigenvalue weighted by Gasteiger charge is -2.18. The number of aromatic nitrogens is 2. The Morgan fingerprint density at radius 2 is 1.79 bits per heavy atom. The number of methoxy groups -OCH3 is 3. The molecular weight excluding hydrogens is 378 g/mol. The molecule has 0 aliphatic carbocycles. The Hall–Kier alpha value is -3.10. The fraction of sp³-hybridized carbons (Fsp3) is 0.500. The largest absolute Gasteiger partial charge is 0.493 e. The van der Waals surface area contributed by atoms with Crippen LogP contribution in [-0.2, 0) is 20.9 Å². The first kappa shape index (κ1) is 22.2. The molecule has 1 unspecified atom stereocenters. The highest BCUT2D eigenvalue weighted by molar-refractivity contribution is 5.84. The molecule has 1 aromatic carbocycles. The number of fused-ring (bicyclic) bond motifs is 1. The van der Waals surface area contributed by atoms with Crippen molar-refractivity contribution in [1.29, 1.82) is 0 Å². The van der Waals surface area contributed by atoms with Crippen LogP contribution in [0, 0.1) is 5.92 Å². The average molecular weight is 405 g/mol. The first-order valence-electron chi connectivity index (χ1n) is 9.29. The molecule has 2 rings (SSSR count). The molecule has 9 nitrogen and oxygen atoms in total. The predicted octanol–water partition coefficient (Wildman–Crippen LogP) is 1.51. The number of aryl methyl sites for hydroxylation is 1. The van der Waals surface area contributed by atoms with Crippen LogP contribution in [0.2, 0.25) is 0 Å². The number of ether oxygens (including phenoxy) is 3. The molecule has 0 spiro atoms. The molecule has 0 saturated heterocycles. The summed E-state index contributed by atoms with van der Waals surface area (Å²) in [7, 11) is 4.27. The third-order valence-electron chi connectivity index (χ3n) is 4.44. The molecule has 0 aliphatic rings. The van der Waals surface area contributed by atoms with Gasteiger partial charge in [-0.05, 0) is 18.4 Å². The smallest absolute Gasteiger partial charge is 0.328 e. The summed E-state index contributed by atoms with van der Waals surface area (Å²) >= 11 is 0. The molecule has 1 N–H and O–H groups in total. The van der Waals surface area contributed by atoms with Gasteiger partial charge in [-0.15, -0.1) is 0 Å². The Labute approximate surface area is 169 Å². The van der Waals surface area contributed by atoms with Gasteiger partial charge in [0.05, 0.1) is 38.6 Å². The van der Waals surface area contributed by atoms with Crippen LogP contribution in [0.5, 0.6) is 11.5 Å². The Morgan fingerprint density at radius 3 is 2.38 bits per heavy atom. The highest BCUT2D eigenvalue weighted by atomic mass is 16.5. The van der Waals surface area contributed by atoms with Gasteiger partial charge in [0.25, 0.3) is 5.56 Å². The number of hydrogen-bond donors (Lipinski definition) is 1. The number of hydrogen-bond acceptors (Lipinski definition) is 7. The van der Waals surface area contributed by atoms with Gasteiger partial charge in [-0.25, -0.2) is 9.78 Å². The summed E-state index contributed by atoms with van der Waals surface area (Å²) in [5, 5.41) is 3.03. The molecule has 1 aromatic heterocycles. The van der Waals surface area contributed by atoms with Crippen LogP contribution in [0.4, 0.5) is 0 Å². The van der Waals surface area contributed by atoms with Gasteiger partial charge in [0.15, 0.2) is 11.5 Å². The molecule has 0 aliphatic heterocycles. The van der Waals surface area contributed by atoms with Gasteiger partial charge in [0.1, 0.15) is 6.04 Å². The zero-order chi connectivity index (χ0) is 21.6. The Balaban J connectivity index is 2.15. The molecule has 1 amide bonds. The van der Waals surface area contributed by atoms with Crippen molar-refractivity contribution in [2.75, 3.05) is 21.3 Å². The van der Waals surface area contributed by atoms with Crippen molar-refractivity contribution in [3.8, 4) is 11.5 Å². The topological polar surface area (TPSA) is 109 Å². The molecule has 0 saturated carbocycles. The molecule has 1 atom stereocenters. The fourth-order valence-electron chi connectivity index (χ4n) is 2.96. The highest BCUT2D eigenvalue weighted by Crippen LogP contribution is 2.29. The minimum Gasteiger partial charge on any atom is -0.493 e. The third-order valence-corrected chi connectivity index (χ3v) is 4.44. The van der Waals surface area contributed by atoms with Crippen molar-refractivity contribution in [3.05, 3.63) is 28.8 Å². The van der Waals surface area contributed by atoms with Crippen LogP contribution in [0.1, 0.15) is 26.7 Å². The quantitative estimate of drug-likeness (QED) is 0.630. The number of rotatable bonds is 9. The third kappa shape index (κ3) is 5.46. The summed E-state index contributed by atoms with van der Waals surface area (Å²) < 4.78 is 16.6. The standard InChI is InChI=1S/C20H27N3O6/c1-12(2)8-15(20(26)29-5)22-18(24)6-7-23-11-21-14-10-17(28-4)16(27-3)9-13(14)19(23)25/h9-12,15H,6-8H2,1-5H3,(H,22,24). The first-order chi connectivity index (χ1) is 13.8. The lowest BCUT2D eigenvalue weighted by atomic mass is 10.0. The maximum atomic E-state index is 12.8. The first-order valence-corrected chi connectivity index (χ1v) is 9.29. The molecule has 0 bridgehead atoms. The average Bonchev–Trinajstić information content (AvgIpc) is 2.70. The van der Waals surface area contributed by atoms with Gasteiger partial charge < -0.3 is 19.5 Å². The molecule has 29 heavy (non-hydrogen) atoms. The summed E-state index contributed by atoms with van der Waals surface area (Å²) in [6.07, 6.45) is 1.87. The predicted molar refractivity (Wildman–Crippen MR) is 107 cm³/mol. The van der Waals surface area contributed by atoms with E-state index in [2.05, 4.69) is 10.3 Å². The second kappa shape index (κ2) is 9.90. The van der Waals surface area contributed by atoms with Gasteiger partial charge in [-0.1, -0.05) is 13.8 Å². The lowest BCUT2D eigenvalue weighted by molar-refractivity contribution is -0.145. The summed E-state index contributed by atoms with van der Waals surface area (Å²) in [5.41, 5.74) is 0.173. The summed E-state index contributed by atoms with van der Waals surface area (Å²) in [6.45, 7) is 4.02. The number of nitrogens with one attached hydrogen (secondary N) is 1. The van der Waals surface area contributed by atoms with E-state index in [1.165, 1.54) is 32.2 Å². The van der Waals surface area contributed by atoms with Crippen molar-refractivity contribution in [1.82, 2.24) is 14.9 Å². The summed E-state index contributed by atoms with van der Waals surface area (Å²) in [4.78, 5) is 41.2. The number of carbonyl (C=O) groups excluding carboxylic acids is 2. The van der Waals surface area contributed by atoms with E-state index in [0.29, 0.717) is 28.8 Å². The van der Waals surface area contributed by atoms with E-state index >= 15 is 0 Å². The Bertz CT molecular complexity index is 938. The zero-order valence-electron chi connectivity index (χ0n) is 17.4. The Morgan fingerprint density at radius 1 is 1.14 bits per heavy atom. The van der Waals surface area contributed by atoms with Gasteiger partial charge in [0.2, 0.25) is 5.91 Å². The van der Waals surface area contributed by atoms with Crippen molar-refractivity contribution in [3.63, 3.8) is 0 Å². The summed E-state index contributed by atoms with van der Waals surface area (Å²) in [5.74, 6) is 0.267. The van der Waals surface area contributed by atoms with E-state index in [1.807, 2.05) is 13.8 Å². The maximum Gasteiger partial charge on any atom is 0.328 e. The molecular formula is C20H27N3O6. The van der Waals surface area contributed by atoms with E-state index < -0.39 is 12.0 Å². The molecule has 0 fully saturated rings. The second-order valence-electron chi connectivity index (χ2n) is 6.99. The molecule has 1 heterocycles. The van der Waals surface area contributed by atoms with Crippen LogP contribution >= 0.6 is 0 Å². The van der Waals surface area contributed by atoms with Crippen molar-refractivity contribution in [2.45, 2.75) is 39.3 Å². The molecule has 2 aromatic rings. The van der Waals surface area contributed by atoms with Gasteiger partial charge in [-0.2, -0.15) is 0 Å². The number of carbonyl (C=O) groups is 2. The molecule has 9 heteroatoms. The zero-order valence-corrected chi connectivity index (χ0v) is 17.4. The van der Waals surface area contributed by atoms with Crippen LogP contribution < -0.4 is 20.3 Å². The normalized spacial score (nSPS) is 11.9. The van der Waals surface area contributed by atoms with Crippen molar-refractivity contribution < 1.29 is 23.8 Å². The molecule has 0 radical (unpaired) electrons. The summed E-state index contributed by atoms with van der Waals surface area (Å²) in [6, 6.07) is 2.48. The monoisotopic (exact) mass is 405 g/mol. The number of amides is 1. The van der Waals surface area contributed by atoms with Crippen LogP contribution in [0.25, 0.3) is 10.9 Å². The van der Waals surface area contributed by atoms with E-state index in [0.717, 1.165) is 0 Å². The minimum absolute atomic E-state index is 0.0198. The molecule has 158 valence electrons. The minimum atomic E-state index is -0.712. The van der Waals surface area contributed by atoms with Gasteiger partial charge in [0, 0.05) is 19.0 Å². The fourth-order valence-corrected chi connectivity index (χ4v) is 2.96. The van der Waals surface area contributed by atoms with Crippen LogP contribution in [-0.4, -0.2) is 48.8 Å². The maximum absolute atomic E-state index is 12.8. The van der Waals surface area contributed by atoms with Crippen molar-refractivity contribution >= 4 is 22.8 Å². The van der Waals surface area contributed by atoms with E-state index in [1.54, 1.807) is 12.1 Å². The van der Waals surface area contributed by atoms with Crippen LogP contribution in [0.15, 0.2) is 23.3 Å². The van der Waals surface area contributed by atoms with E-state index in [4.69, 9.17) is 14.2 Å². The number of esters is 1. The Kier molecular flexibility index (Phi) is 7.58. The van der Waals surface area contributed by atoms with Crippen molar-refractivity contribution in [2.24, 2.45) is 5.92 Å². The van der Waals surface area contributed by atoms with E-state index in [9.17, 15) is 14.4 Å². The lowest BCUT2D eigenvalue weighted by Crippen LogP contribution is -2.42.